The Bertz CT molecular complexity index is 860. The summed E-state index contributed by atoms with van der Waals surface area (Å²) in [6, 6.07) is 9.70. The zero-order valence-electron chi connectivity index (χ0n) is 18.5. The number of carbonyl (C=O) groups excluding carboxylic acids is 2. The molecule has 31 heavy (non-hydrogen) atoms. The average Bonchev–Trinajstić information content (AvgIpc) is 2.79. The number of amides is 1. The molecule has 1 aliphatic rings. The lowest BCUT2D eigenvalue weighted by molar-refractivity contribution is 0.0406. The van der Waals surface area contributed by atoms with Crippen LogP contribution >= 0.6 is 0 Å². The fourth-order valence-corrected chi connectivity index (χ4v) is 3.98. The molecular formula is C24H31N3O4. The number of hydrogen-bond acceptors (Lipinski definition) is 6. The number of hydrogen-bond donors (Lipinski definition) is 0. The van der Waals surface area contributed by atoms with Gasteiger partial charge in [-0.05, 0) is 36.7 Å². The van der Waals surface area contributed by atoms with E-state index in [1.807, 2.05) is 30.3 Å². The Morgan fingerprint density at radius 3 is 2.29 bits per heavy atom. The van der Waals surface area contributed by atoms with Gasteiger partial charge < -0.3 is 14.4 Å². The van der Waals surface area contributed by atoms with Gasteiger partial charge >= 0.3 is 12.1 Å². The number of esters is 1. The van der Waals surface area contributed by atoms with Crippen molar-refractivity contribution in [2.75, 3.05) is 19.7 Å². The van der Waals surface area contributed by atoms with Crippen LogP contribution in [0.15, 0.2) is 42.7 Å². The molecule has 2 heterocycles. The van der Waals surface area contributed by atoms with Crippen molar-refractivity contribution in [2.24, 2.45) is 11.3 Å². The van der Waals surface area contributed by atoms with Crippen molar-refractivity contribution >= 4 is 12.1 Å². The maximum Gasteiger partial charge on any atom is 0.410 e. The molecular weight excluding hydrogens is 394 g/mol. The molecule has 1 aromatic heterocycles. The molecule has 0 bridgehead atoms. The minimum absolute atomic E-state index is 0.00164. The lowest BCUT2D eigenvalue weighted by atomic mass is 9.67. The van der Waals surface area contributed by atoms with Crippen molar-refractivity contribution in [3.05, 3.63) is 59.7 Å². The van der Waals surface area contributed by atoms with Crippen molar-refractivity contribution in [3.63, 3.8) is 0 Å². The first-order chi connectivity index (χ1) is 14.9. The molecule has 7 nitrogen and oxygen atoms in total. The molecule has 1 aliphatic heterocycles. The zero-order valence-corrected chi connectivity index (χ0v) is 18.5. The van der Waals surface area contributed by atoms with Crippen LogP contribution in [0.3, 0.4) is 0 Å². The third-order valence-electron chi connectivity index (χ3n) is 6.17. The highest BCUT2D eigenvalue weighted by Gasteiger charge is 2.39. The van der Waals surface area contributed by atoms with Crippen molar-refractivity contribution in [1.82, 2.24) is 14.9 Å². The number of likely N-dealkylation sites (tertiary alicyclic amines) is 1. The van der Waals surface area contributed by atoms with Gasteiger partial charge in [0.1, 0.15) is 12.4 Å². The van der Waals surface area contributed by atoms with E-state index in [9.17, 15) is 9.59 Å². The molecule has 166 valence electrons. The van der Waals surface area contributed by atoms with E-state index < -0.39 is 5.97 Å². The summed E-state index contributed by atoms with van der Waals surface area (Å²) in [5.41, 5.74) is 1.34. The molecule has 0 aliphatic carbocycles. The number of piperidine rings is 1. The van der Waals surface area contributed by atoms with Crippen LogP contribution < -0.4 is 0 Å². The van der Waals surface area contributed by atoms with Gasteiger partial charge in [0.2, 0.25) is 0 Å². The predicted octanol–water partition coefficient (Wildman–Crippen LogP) is 4.27. The monoisotopic (exact) mass is 425 g/mol. The summed E-state index contributed by atoms with van der Waals surface area (Å²) in [5.74, 6) is 0.708. The first kappa shape index (κ1) is 22.7. The third-order valence-corrected chi connectivity index (χ3v) is 6.17. The number of carbonyl (C=O) groups is 2. The quantitative estimate of drug-likeness (QED) is 0.616. The average molecular weight is 426 g/mol. The summed E-state index contributed by atoms with van der Waals surface area (Å²) >= 11 is 0. The maximum absolute atomic E-state index is 12.5. The van der Waals surface area contributed by atoms with Crippen LogP contribution in [0, 0.1) is 11.3 Å². The van der Waals surface area contributed by atoms with Gasteiger partial charge in [0, 0.05) is 31.9 Å². The molecule has 2 aromatic rings. The first-order valence-electron chi connectivity index (χ1n) is 10.9. The molecule has 1 fully saturated rings. The molecule has 1 aromatic carbocycles. The molecule has 0 unspecified atom stereocenters. The molecule has 0 radical (unpaired) electrons. The summed E-state index contributed by atoms with van der Waals surface area (Å²) in [7, 11) is 0. The highest BCUT2D eigenvalue weighted by Crippen LogP contribution is 2.41. The topological polar surface area (TPSA) is 81.6 Å². The normalized spacial score (nSPS) is 15.5. The van der Waals surface area contributed by atoms with Crippen molar-refractivity contribution in [3.8, 4) is 0 Å². The van der Waals surface area contributed by atoms with E-state index in [0.29, 0.717) is 43.4 Å². The maximum atomic E-state index is 12.5. The molecule has 1 amide bonds. The third kappa shape index (κ3) is 5.81. The van der Waals surface area contributed by atoms with E-state index in [4.69, 9.17) is 9.47 Å². The second kappa shape index (κ2) is 10.4. The largest absolute Gasteiger partial charge is 0.462 e. The summed E-state index contributed by atoms with van der Waals surface area (Å²) in [6.07, 6.45) is 5.22. The standard InChI is InChI=1S/C24H31N3O4/c1-4-30-22(28)20-15-25-21(26-16-20)14-24(18(2)3)10-12-27(13-11-24)23(29)31-17-19-8-6-5-7-9-19/h5-9,15-16,18H,4,10-14,17H2,1-3H3. The number of nitrogens with zero attached hydrogens (tertiary/aromatic N) is 3. The summed E-state index contributed by atoms with van der Waals surface area (Å²) in [6.45, 7) is 8.07. The van der Waals surface area contributed by atoms with E-state index in [-0.39, 0.29) is 18.1 Å². The van der Waals surface area contributed by atoms with Crippen molar-refractivity contribution in [2.45, 2.75) is 46.6 Å². The smallest absolute Gasteiger partial charge is 0.410 e. The van der Waals surface area contributed by atoms with Crippen LogP contribution in [-0.2, 0) is 22.5 Å². The predicted molar refractivity (Wildman–Crippen MR) is 116 cm³/mol. The minimum atomic E-state index is -0.407. The van der Waals surface area contributed by atoms with Gasteiger partial charge in [-0.1, -0.05) is 44.2 Å². The van der Waals surface area contributed by atoms with Gasteiger partial charge in [-0.3, -0.25) is 0 Å². The molecule has 0 N–H and O–H groups in total. The first-order valence-corrected chi connectivity index (χ1v) is 10.9. The van der Waals surface area contributed by atoms with E-state index in [1.165, 1.54) is 12.4 Å². The lowest BCUT2D eigenvalue weighted by Crippen LogP contribution is -2.46. The van der Waals surface area contributed by atoms with Crippen LogP contribution in [0.4, 0.5) is 4.79 Å². The molecule has 0 saturated carbocycles. The Labute approximate surface area is 183 Å². The minimum Gasteiger partial charge on any atom is -0.462 e. The van der Waals surface area contributed by atoms with E-state index >= 15 is 0 Å². The second-order valence-corrected chi connectivity index (χ2v) is 8.33. The van der Waals surface area contributed by atoms with Crippen LogP contribution in [0.5, 0.6) is 0 Å². The van der Waals surface area contributed by atoms with Crippen LogP contribution in [0.25, 0.3) is 0 Å². The summed E-state index contributed by atoms with van der Waals surface area (Å²) in [5, 5.41) is 0. The number of rotatable bonds is 7. The van der Waals surface area contributed by atoms with Crippen molar-refractivity contribution in [1.29, 1.82) is 0 Å². The van der Waals surface area contributed by atoms with E-state index in [2.05, 4.69) is 23.8 Å². The zero-order chi connectivity index (χ0) is 22.3. The fraction of sp³-hybridized carbons (Fsp3) is 0.500. The number of benzene rings is 1. The van der Waals surface area contributed by atoms with Gasteiger partial charge in [0.25, 0.3) is 0 Å². The Morgan fingerprint density at radius 2 is 1.71 bits per heavy atom. The van der Waals surface area contributed by atoms with Crippen LogP contribution in [-0.4, -0.2) is 46.6 Å². The summed E-state index contributed by atoms with van der Waals surface area (Å²) in [4.78, 5) is 34.9. The highest BCUT2D eigenvalue weighted by atomic mass is 16.6. The number of aromatic nitrogens is 2. The van der Waals surface area contributed by atoms with E-state index in [0.717, 1.165) is 18.4 Å². The SMILES string of the molecule is CCOC(=O)c1cnc(CC2(C(C)C)CCN(C(=O)OCc3ccccc3)CC2)nc1. The second-order valence-electron chi connectivity index (χ2n) is 8.33. The van der Waals surface area contributed by atoms with Crippen LogP contribution in [0.2, 0.25) is 0 Å². The Kier molecular flexibility index (Phi) is 7.60. The van der Waals surface area contributed by atoms with Crippen molar-refractivity contribution < 1.29 is 19.1 Å². The highest BCUT2D eigenvalue weighted by molar-refractivity contribution is 5.88. The van der Waals surface area contributed by atoms with Gasteiger partial charge in [-0.2, -0.15) is 0 Å². The Balaban J connectivity index is 1.57. The Morgan fingerprint density at radius 1 is 1.06 bits per heavy atom. The van der Waals surface area contributed by atoms with Gasteiger partial charge in [0.15, 0.2) is 0 Å². The molecule has 0 atom stereocenters. The molecule has 1 saturated heterocycles. The van der Waals surface area contributed by atoms with Gasteiger partial charge in [-0.25, -0.2) is 19.6 Å². The lowest BCUT2D eigenvalue weighted by Gasteiger charge is -2.44. The molecule has 3 rings (SSSR count). The van der Waals surface area contributed by atoms with Gasteiger partial charge in [0.05, 0.1) is 12.2 Å². The van der Waals surface area contributed by atoms with Gasteiger partial charge in [-0.15, -0.1) is 0 Å². The number of ether oxygens (including phenoxy) is 2. The molecule has 7 heteroatoms. The Hall–Kier alpha value is -2.96. The summed E-state index contributed by atoms with van der Waals surface area (Å²) < 4.78 is 10.5. The van der Waals surface area contributed by atoms with E-state index in [1.54, 1.807) is 11.8 Å². The fourth-order valence-electron chi connectivity index (χ4n) is 3.98. The molecule has 0 spiro atoms. The van der Waals surface area contributed by atoms with Crippen LogP contribution in [0.1, 0.15) is 55.4 Å².